The largest absolute Gasteiger partial charge is 0.337 e. The third kappa shape index (κ3) is 5.01. The molecule has 1 aromatic carbocycles. The average molecular weight is 402 g/mol. The van der Waals surface area contributed by atoms with Crippen LogP contribution < -0.4 is 0 Å². The molecule has 0 unspecified atom stereocenters. The Balaban J connectivity index is 1.66. The van der Waals surface area contributed by atoms with Crippen LogP contribution in [0.15, 0.2) is 24.3 Å². The molecule has 1 amide bonds. The summed E-state index contributed by atoms with van der Waals surface area (Å²) in [5.74, 6) is 1.86. The third-order valence-corrected chi connectivity index (χ3v) is 5.74. The number of hydrogen-bond acceptors (Lipinski definition) is 4. The van der Waals surface area contributed by atoms with E-state index >= 15 is 0 Å². The highest BCUT2D eigenvalue weighted by Gasteiger charge is 2.33. The van der Waals surface area contributed by atoms with Crippen molar-refractivity contribution in [2.24, 2.45) is 5.92 Å². The summed E-state index contributed by atoms with van der Waals surface area (Å²) in [6.45, 7) is 12.8. The van der Waals surface area contributed by atoms with Gasteiger partial charge in [-0.15, -0.1) is 0 Å². The molecule has 1 aromatic heterocycles. The fourth-order valence-corrected chi connectivity index (χ4v) is 4.17. The number of hydrogen-bond donors (Lipinski definition) is 0. The maximum Gasteiger partial charge on any atom is 0.225 e. The fraction of sp³-hybridized carbons (Fsp3) is 0.591. The Morgan fingerprint density at radius 2 is 1.93 bits per heavy atom. The third-order valence-electron chi connectivity index (χ3n) is 5.74. The Morgan fingerprint density at radius 1 is 1.21 bits per heavy atom. The number of aryl methyl sites for hydroxylation is 2. The Kier molecular flexibility index (Phi) is 6.67. The smallest absolute Gasteiger partial charge is 0.225 e. The van der Waals surface area contributed by atoms with Crippen LogP contribution in [0.4, 0.5) is 4.39 Å². The van der Waals surface area contributed by atoms with Gasteiger partial charge in [0, 0.05) is 44.2 Å². The van der Waals surface area contributed by atoms with Crippen molar-refractivity contribution in [3.05, 3.63) is 47.3 Å². The normalized spacial score (nSPS) is 19.0. The molecule has 1 fully saturated rings. The van der Waals surface area contributed by atoms with Gasteiger partial charge in [-0.1, -0.05) is 32.0 Å². The lowest BCUT2D eigenvalue weighted by atomic mass is 9.98. The summed E-state index contributed by atoms with van der Waals surface area (Å²) in [5.41, 5.74) is 0.709. The summed E-state index contributed by atoms with van der Waals surface area (Å²) in [6, 6.07) is 7.01. The molecule has 6 nitrogen and oxygen atoms in total. The molecule has 0 saturated carbocycles. The highest BCUT2D eigenvalue weighted by atomic mass is 19.1. The van der Waals surface area contributed by atoms with Crippen LogP contribution in [0.5, 0.6) is 0 Å². The van der Waals surface area contributed by atoms with E-state index in [0.29, 0.717) is 31.0 Å². The standard InChI is InChI=1S/C22H32FN5O/c1-15(2)21-14-26(13-19-8-6-7-9-20(19)23)10-11-27(21)22(29)12-16(3)28-18(5)24-17(4)25-28/h6-9,15-16,21H,10-14H2,1-5H3/t16-,21-/m1/s1. The minimum atomic E-state index is -0.167. The minimum absolute atomic E-state index is 0.0343. The van der Waals surface area contributed by atoms with Gasteiger partial charge >= 0.3 is 0 Å². The van der Waals surface area contributed by atoms with Gasteiger partial charge in [0.25, 0.3) is 0 Å². The van der Waals surface area contributed by atoms with Crippen LogP contribution >= 0.6 is 0 Å². The molecule has 2 atom stereocenters. The van der Waals surface area contributed by atoms with Gasteiger partial charge in [-0.05, 0) is 32.8 Å². The number of rotatable bonds is 6. The molecule has 0 bridgehead atoms. The van der Waals surface area contributed by atoms with Crippen LogP contribution in [0.3, 0.4) is 0 Å². The molecule has 0 aliphatic carbocycles. The molecule has 158 valence electrons. The molecule has 3 rings (SSSR count). The van der Waals surface area contributed by atoms with Crippen molar-refractivity contribution in [2.75, 3.05) is 19.6 Å². The molecule has 1 aliphatic heterocycles. The number of carbonyl (C=O) groups excluding carboxylic acids is 1. The zero-order valence-electron chi connectivity index (χ0n) is 18.1. The van der Waals surface area contributed by atoms with E-state index in [4.69, 9.17) is 0 Å². The van der Waals surface area contributed by atoms with E-state index in [1.54, 1.807) is 6.07 Å². The van der Waals surface area contributed by atoms with Gasteiger partial charge in [0.05, 0.1) is 6.04 Å². The van der Waals surface area contributed by atoms with Gasteiger partial charge in [-0.2, -0.15) is 5.10 Å². The predicted molar refractivity (Wildman–Crippen MR) is 111 cm³/mol. The van der Waals surface area contributed by atoms with Crippen molar-refractivity contribution in [1.82, 2.24) is 24.6 Å². The zero-order valence-corrected chi connectivity index (χ0v) is 18.1. The Bertz CT molecular complexity index is 849. The summed E-state index contributed by atoms with van der Waals surface area (Å²) < 4.78 is 15.9. The SMILES string of the molecule is Cc1nc(C)n([C@H](C)CC(=O)N2CCN(Cc3ccccc3F)C[C@@H]2C(C)C)n1. The highest BCUT2D eigenvalue weighted by molar-refractivity contribution is 5.77. The number of carbonyl (C=O) groups is 1. The van der Waals surface area contributed by atoms with E-state index in [1.807, 2.05) is 42.5 Å². The van der Waals surface area contributed by atoms with Crippen molar-refractivity contribution in [3.8, 4) is 0 Å². The molecule has 0 N–H and O–H groups in total. The first-order valence-corrected chi connectivity index (χ1v) is 10.4. The molecule has 2 aromatic rings. The van der Waals surface area contributed by atoms with Crippen LogP contribution in [-0.4, -0.2) is 56.1 Å². The number of amides is 1. The summed E-state index contributed by atoms with van der Waals surface area (Å²) in [4.78, 5) is 21.7. The molecule has 0 spiro atoms. The fourth-order valence-electron chi connectivity index (χ4n) is 4.17. The van der Waals surface area contributed by atoms with Crippen molar-refractivity contribution in [3.63, 3.8) is 0 Å². The zero-order chi connectivity index (χ0) is 21.1. The summed E-state index contributed by atoms with van der Waals surface area (Å²) >= 11 is 0. The lowest BCUT2D eigenvalue weighted by molar-refractivity contribution is -0.138. The van der Waals surface area contributed by atoms with Crippen molar-refractivity contribution >= 4 is 5.91 Å². The van der Waals surface area contributed by atoms with Gasteiger partial charge in [0.15, 0.2) is 0 Å². The molecular weight excluding hydrogens is 369 g/mol. The predicted octanol–water partition coefficient (Wildman–Crippen LogP) is 3.35. The van der Waals surface area contributed by atoms with Gasteiger partial charge < -0.3 is 4.90 Å². The van der Waals surface area contributed by atoms with Crippen LogP contribution in [0.1, 0.15) is 50.4 Å². The molecule has 0 radical (unpaired) electrons. The van der Waals surface area contributed by atoms with E-state index in [9.17, 15) is 9.18 Å². The van der Waals surface area contributed by atoms with Crippen LogP contribution in [0, 0.1) is 25.6 Å². The number of benzene rings is 1. The topological polar surface area (TPSA) is 54.3 Å². The van der Waals surface area contributed by atoms with Crippen LogP contribution in [-0.2, 0) is 11.3 Å². The maximum absolute atomic E-state index is 14.0. The van der Waals surface area contributed by atoms with Crippen LogP contribution in [0.25, 0.3) is 0 Å². The Morgan fingerprint density at radius 3 is 2.55 bits per heavy atom. The minimum Gasteiger partial charge on any atom is -0.337 e. The molecular formula is C22H32FN5O. The second-order valence-corrected chi connectivity index (χ2v) is 8.43. The first-order valence-electron chi connectivity index (χ1n) is 10.4. The summed E-state index contributed by atoms with van der Waals surface area (Å²) in [7, 11) is 0. The number of aromatic nitrogens is 3. The van der Waals surface area contributed by atoms with Crippen LogP contribution in [0.2, 0.25) is 0 Å². The van der Waals surface area contributed by atoms with Gasteiger partial charge in [-0.3, -0.25) is 9.69 Å². The Labute approximate surface area is 172 Å². The maximum atomic E-state index is 14.0. The van der Waals surface area contributed by atoms with Gasteiger partial charge in [0.2, 0.25) is 5.91 Å². The molecule has 1 aliphatic rings. The first-order chi connectivity index (χ1) is 13.8. The van der Waals surface area contributed by atoms with Gasteiger partial charge in [-0.25, -0.2) is 14.1 Å². The molecule has 1 saturated heterocycles. The monoisotopic (exact) mass is 401 g/mol. The lowest BCUT2D eigenvalue weighted by Gasteiger charge is -2.44. The Hall–Kier alpha value is -2.28. The molecule has 2 heterocycles. The quantitative estimate of drug-likeness (QED) is 0.745. The van der Waals surface area contributed by atoms with E-state index in [2.05, 4.69) is 28.8 Å². The lowest BCUT2D eigenvalue weighted by Crippen LogP contribution is -2.57. The number of halogens is 1. The van der Waals surface area contributed by atoms with E-state index < -0.39 is 0 Å². The second-order valence-electron chi connectivity index (χ2n) is 8.43. The second kappa shape index (κ2) is 9.03. The molecule has 7 heteroatoms. The number of nitrogens with zero attached hydrogens (tertiary/aromatic N) is 5. The first kappa shape index (κ1) is 21.4. The van der Waals surface area contributed by atoms with E-state index in [-0.39, 0.29) is 23.8 Å². The van der Waals surface area contributed by atoms with E-state index in [1.165, 1.54) is 6.07 Å². The molecule has 29 heavy (non-hydrogen) atoms. The number of piperazine rings is 1. The summed E-state index contributed by atoms with van der Waals surface area (Å²) in [6.07, 6.45) is 0.403. The van der Waals surface area contributed by atoms with Gasteiger partial charge in [0.1, 0.15) is 17.5 Å². The van der Waals surface area contributed by atoms with Crippen molar-refractivity contribution in [1.29, 1.82) is 0 Å². The average Bonchev–Trinajstić information content (AvgIpc) is 3.01. The summed E-state index contributed by atoms with van der Waals surface area (Å²) in [5, 5.41) is 4.42. The van der Waals surface area contributed by atoms with E-state index in [0.717, 1.165) is 24.7 Å². The highest BCUT2D eigenvalue weighted by Crippen LogP contribution is 2.23. The van der Waals surface area contributed by atoms with Crippen molar-refractivity contribution in [2.45, 2.75) is 59.7 Å². The van der Waals surface area contributed by atoms with Crippen molar-refractivity contribution < 1.29 is 9.18 Å².